The van der Waals surface area contributed by atoms with Crippen LogP contribution in [-0.2, 0) is 11.3 Å². The Labute approximate surface area is 132 Å². The first kappa shape index (κ1) is 14.7. The minimum absolute atomic E-state index is 0.0190. The van der Waals surface area contributed by atoms with E-state index in [1.165, 1.54) is 23.9 Å². The molecule has 1 aliphatic rings. The molecular formula is C17H14NO3S-. The van der Waals surface area contributed by atoms with Crippen molar-refractivity contribution in [2.24, 2.45) is 0 Å². The van der Waals surface area contributed by atoms with E-state index in [2.05, 4.69) is 0 Å². The molecule has 0 aliphatic carbocycles. The van der Waals surface area contributed by atoms with Crippen LogP contribution in [0.2, 0.25) is 0 Å². The van der Waals surface area contributed by atoms with Crippen molar-refractivity contribution >= 4 is 29.3 Å². The van der Waals surface area contributed by atoms with Gasteiger partial charge >= 0.3 is 0 Å². The number of aromatic carboxylic acids is 1. The Morgan fingerprint density at radius 2 is 2.09 bits per heavy atom. The van der Waals surface area contributed by atoms with Gasteiger partial charge in [-0.15, -0.1) is 11.8 Å². The zero-order valence-corrected chi connectivity index (χ0v) is 12.9. The first-order chi connectivity index (χ1) is 10.5. The molecule has 0 aromatic heterocycles. The fourth-order valence-electron chi connectivity index (χ4n) is 2.50. The highest BCUT2D eigenvalue weighted by Gasteiger charge is 2.25. The van der Waals surface area contributed by atoms with Crippen LogP contribution in [0.1, 0.15) is 21.5 Å². The van der Waals surface area contributed by atoms with Crippen molar-refractivity contribution in [3.63, 3.8) is 0 Å². The van der Waals surface area contributed by atoms with E-state index in [-0.39, 0.29) is 11.5 Å². The van der Waals surface area contributed by atoms with E-state index < -0.39 is 5.97 Å². The van der Waals surface area contributed by atoms with Crippen molar-refractivity contribution in [3.8, 4) is 0 Å². The summed E-state index contributed by atoms with van der Waals surface area (Å²) >= 11 is 1.43. The number of benzene rings is 2. The lowest BCUT2D eigenvalue weighted by Gasteiger charge is -2.29. The number of amides is 1. The molecule has 0 fully saturated rings. The number of carbonyl (C=O) groups is 2. The number of rotatable bonds is 3. The second kappa shape index (κ2) is 5.85. The lowest BCUT2D eigenvalue weighted by molar-refractivity contribution is -0.255. The first-order valence-electron chi connectivity index (χ1n) is 6.89. The van der Waals surface area contributed by atoms with Gasteiger partial charge in [-0.05, 0) is 30.2 Å². The van der Waals surface area contributed by atoms with Crippen molar-refractivity contribution in [3.05, 3.63) is 59.2 Å². The number of thioether (sulfide) groups is 1. The summed E-state index contributed by atoms with van der Waals surface area (Å²) in [7, 11) is 0. The lowest BCUT2D eigenvalue weighted by atomic mass is 10.1. The predicted octanol–water partition coefficient (Wildman–Crippen LogP) is 2.00. The van der Waals surface area contributed by atoms with Crippen LogP contribution in [0.3, 0.4) is 0 Å². The number of carboxylic acids is 1. The van der Waals surface area contributed by atoms with Gasteiger partial charge < -0.3 is 14.8 Å². The average molecular weight is 312 g/mol. The van der Waals surface area contributed by atoms with E-state index in [1.807, 2.05) is 31.2 Å². The van der Waals surface area contributed by atoms with E-state index in [4.69, 9.17) is 0 Å². The van der Waals surface area contributed by atoms with Gasteiger partial charge in [-0.1, -0.05) is 35.9 Å². The smallest absolute Gasteiger partial charge is 0.237 e. The number of carbonyl (C=O) groups excluding carboxylic acids is 2. The molecule has 22 heavy (non-hydrogen) atoms. The number of fused-ring (bicyclic) bond motifs is 1. The molecule has 0 atom stereocenters. The predicted molar refractivity (Wildman–Crippen MR) is 83.9 cm³/mol. The topological polar surface area (TPSA) is 60.4 Å². The summed E-state index contributed by atoms with van der Waals surface area (Å²) in [5.41, 5.74) is 2.87. The van der Waals surface area contributed by atoms with Gasteiger partial charge in [0.05, 0.1) is 24.0 Å². The summed E-state index contributed by atoms with van der Waals surface area (Å²) in [4.78, 5) is 25.9. The van der Waals surface area contributed by atoms with Gasteiger partial charge in [-0.25, -0.2) is 0 Å². The zero-order chi connectivity index (χ0) is 15.7. The van der Waals surface area contributed by atoms with E-state index in [1.54, 1.807) is 11.0 Å². The number of aryl methyl sites for hydroxylation is 1. The maximum atomic E-state index is 12.3. The number of anilines is 1. The maximum absolute atomic E-state index is 12.3. The molecule has 0 radical (unpaired) electrons. The lowest BCUT2D eigenvalue weighted by Crippen LogP contribution is -2.35. The average Bonchev–Trinajstić information content (AvgIpc) is 2.49. The standard InChI is InChI=1S/C17H15NO3S/c1-11-3-2-4-12(7-11)9-18-14-8-13(17(20)21)5-6-15(14)22-10-16(18)19/h2-8H,9-10H2,1H3,(H,20,21)/p-1. The number of hydrogen-bond acceptors (Lipinski definition) is 4. The molecule has 1 aliphatic heterocycles. The van der Waals surface area contributed by atoms with Gasteiger partial charge in [0.2, 0.25) is 5.91 Å². The molecule has 1 amide bonds. The van der Waals surface area contributed by atoms with E-state index in [9.17, 15) is 14.7 Å². The van der Waals surface area contributed by atoms with Gasteiger partial charge in [0, 0.05) is 4.90 Å². The molecule has 0 saturated heterocycles. The van der Waals surface area contributed by atoms with Crippen LogP contribution in [0.25, 0.3) is 0 Å². The summed E-state index contributed by atoms with van der Waals surface area (Å²) in [6, 6.07) is 12.7. The molecule has 0 spiro atoms. The van der Waals surface area contributed by atoms with Gasteiger partial charge in [-0.2, -0.15) is 0 Å². The minimum Gasteiger partial charge on any atom is -0.545 e. The van der Waals surface area contributed by atoms with Crippen LogP contribution in [0.5, 0.6) is 0 Å². The van der Waals surface area contributed by atoms with Gasteiger partial charge in [-0.3, -0.25) is 4.79 Å². The fourth-order valence-corrected chi connectivity index (χ4v) is 3.41. The molecule has 2 aromatic rings. The second-order valence-corrected chi connectivity index (χ2v) is 6.24. The molecule has 0 unspecified atom stereocenters. The number of carboxylic acid groups (broad SMARTS) is 1. The summed E-state index contributed by atoms with van der Waals surface area (Å²) in [6.45, 7) is 2.43. The third-order valence-electron chi connectivity index (χ3n) is 3.56. The highest BCUT2D eigenvalue weighted by atomic mass is 32.2. The molecule has 2 aromatic carbocycles. The summed E-state index contributed by atoms with van der Waals surface area (Å²) in [5.74, 6) is -0.889. The number of hydrogen-bond donors (Lipinski definition) is 0. The Kier molecular flexibility index (Phi) is 3.90. The largest absolute Gasteiger partial charge is 0.545 e. The fraction of sp³-hybridized carbons (Fsp3) is 0.176. The van der Waals surface area contributed by atoms with Crippen LogP contribution in [0.4, 0.5) is 5.69 Å². The normalized spacial score (nSPS) is 13.9. The summed E-state index contributed by atoms with van der Waals surface area (Å²) in [6.07, 6.45) is 0. The summed E-state index contributed by atoms with van der Waals surface area (Å²) in [5, 5.41) is 11.1. The van der Waals surface area contributed by atoms with Gasteiger partial charge in [0.25, 0.3) is 0 Å². The zero-order valence-electron chi connectivity index (χ0n) is 12.0. The Morgan fingerprint density at radius 3 is 2.82 bits per heavy atom. The molecule has 0 saturated carbocycles. The van der Waals surface area contributed by atoms with Crippen LogP contribution in [0, 0.1) is 6.92 Å². The highest BCUT2D eigenvalue weighted by molar-refractivity contribution is 8.00. The minimum atomic E-state index is -1.23. The Balaban J connectivity index is 1.99. The molecule has 3 rings (SSSR count). The van der Waals surface area contributed by atoms with Crippen LogP contribution in [-0.4, -0.2) is 17.6 Å². The molecule has 1 heterocycles. The van der Waals surface area contributed by atoms with E-state index in [0.29, 0.717) is 18.0 Å². The Bertz CT molecular complexity index is 757. The quantitative estimate of drug-likeness (QED) is 0.870. The molecular weight excluding hydrogens is 298 g/mol. The second-order valence-electron chi connectivity index (χ2n) is 5.23. The van der Waals surface area contributed by atoms with Crippen molar-refractivity contribution in [2.75, 3.05) is 10.7 Å². The molecule has 0 bridgehead atoms. The van der Waals surface area contributed by atoms with Gasteiger partial charge in [0.1, 0.15) is 0 Å². The van der Waals surface area contributed by atoms with Crippen molar-refractivity contribution in [1.29, 1.82) is 0 Å². The molecule has 112 valence electrons. The SMILES string of the molecule is Cc1cccc(CN2C(=O)CSc3ccc(C(=O)[O-])cc32)c1. The van der Waals surface area contributed by atoms with E-state index >= 15 is 0 Å². The van der Waals surface area contributed by atoms with Crippen LogP contribution < -0.4 is 10.0 Å². The van der Waals surface area contributed by atoms with Gasteiger partial charge in [0.15, 0.2) is 0 Å². The number of nitrogens with zero attached hydrogens (tertiary/aromatic N) is 1. The molecule has 4 nitrogen and oxygen atoms in total. The van der Waals surface area contributed by atoms with Crippen molar-refractivity contribution in [2.45, 2.75) is 18.4 Å². The third-order valence-corrected chi connectivity index (χ3v) is 4.61. The van der Waals surface area contributed by atoms with Crippen LogP contribution in [0.15, 0.2) is 47.4 Å². The van der Waals surface area contributed by atoms with Crippen molar-refractivity contribution in [1.82, 2.24) is 0 Å². The molecule has 5 heteroatoms. The van der Waals surface area contributed by atoms with E-state index in [0.717, 1.165) is 16.0 Å². The molecule has 0 N–H and O–H groups in total. The monoisotopic (exact) mass is 312 g/mol. The van der Waals surface area contributed by atoms with Crippen LogP contribution >= 0.6 is 11.8 Å². The Morgan fingerprint density at radius 1 is 1.27 bits per heavy atom. The highest BCUT2D eigenvalue weighted by Crippen LogP contribution is 2.36. The third kappa shape index (κ3) is 2.85. The first-order valence-corrected chi connectivity index (χ1v) is 7.87. The maximum Gasteiger partial charge on any atom is 0.237 e. The van der Waals surface area contributed by atoms with Crippen molar-refractivity contribution < 1.29 is 14.7 Å². The summed E-state index contributed by atoms with van der Waals surface area (Å²) < 4.78 is 0. The Hall–Kier alpha value is -2.27.